The molecule has 3 nitrogen and oxygen atoms in total. The minimum Gasteiger partial charge on any atom is -0.396 e. The highest BCUT2D eigenvalue weighted by molar-refractivity contribution is 4.70. The van der Waals surface area contributed by atoms with E-state index in [9.17, 15) is 0 Å². The second-order valence-electron chi connectivity index (χ2n) is 3.83. The summed E-state index contributed by atoms with van der Waals surface area (Å²) in [6.07, 6.45) is 4.65. The van der Waals surface area contributed by atoms with Crippen LogP contribution in [0.3, 0.4) is 0 Å². The van der Waals surface area contributed by atoms with E-state index < -0.39 is 0 Å². The number of hydrogen-bond acceptors (Lipinski definition) is 3. The summed E-state index contributed by atoms with van der Waals surface area (Å²) >= 11 is 0. The standard InChI is InChI=1S/C10H22N2O/c13-8-2-1-5-12-9-10-3-6-11-7-4-10/h10-13H,1-9H2. The average molecular weight is 186 g/mol. The molecule has 1 saturated heterocycles. The van der Waals surface area contributed by atoms with E-state index in [-0.39, 0.29) is 0 Å². The number of rotatable bonds is 6. The molecule has 0 aliphatic carbocycles. The first-order valence-electron chi connectivity index (χ1n) is 5.46. The van der Waals surface area contributed by atoms with Gasteiger partial charge in [-0.15, -0.1) is 0 Å². The van der Waals surface area contributed by atoms with Crippen molar-refractivity contribution in [3.8, 4) is 0 Å². The van der Waals surface area contributed by atoms with Crippen LogP contribution in [0.5, 0.6) is 0 Å². The minimum absolute atomic E-state index is 0.328. The predicted octanol–water partition coefficient (Wildman–Crippen LogP) is 0.348. The Labute approximate surface area is 80.9 Å². The first-order chi connectivity index (χ1) is 6.43. The number of unbranched alkanes of at least 4 members (excludes halogenated alkanes) is 1. The van der Waals surface area contributed by atoms with Gasteiger partial charge < -0.3 is 15.7 Å². The first kappa shape index (κ1) is 11.0. The Morgan fingerprint density at radius 2 is 2.00 bits per heavy atom. The topological polar surface area (TPSA) is 44.3 Å². The number of hydrogen-bond donors (Lipinski definition) is 3. The number of aliphatic hydroxyl groups is 1. The van der Waals surface area contributed by atoms with Crippen molar-refractivity contribution in [2.24, 2.45) is 5.92 Å². The van der Waals surface area contributed by atoms with Gasteiger partial charge in [0, 0.05) is 6.61 Å². The van der Waals surface area contributed by atoms with Crippen LogP contribution >= 0.6 is 0 Å². The molecule has 0 aromatic carbocycles. The molecule has 1 aliphatic rings. The maximum Gasteiger partial charge on any atom is 0.0431 e. The van der Waals surface area contributed by atoms with Crippen molar-refractivity contribution in [3.63, 3.8) is 0 Å². The van der Waals surface area contributed by atoms with Gasteiger partial charge in [0.05, 0.1) is 0 Å². The van der Waals surface area contributed by atoms with Crippen molar-refractivity contribution in [1.82, 2.24) is 10.6 Å². The van der Waals surface area contributed by atoms with Gasteiger partial charge in [0.1, 0.15) is 0 Å². The summed E-state index contributed by atoms with van der Waals surface area (Å²) in [6.45, 7) is 4.92. The Balaban J connectivity index is 1.86. The maximum atomic E-state index is 8.58. The summed E-state index contributed by atoms with van der Waals surface area (Å²) in [5.41, 5.74) is 0. The third-order valence-corrected chi connectivity index (χ3v) is 2.65. The summed E-state index contributed by atoms with van der Waals surface area (Å²) in [6, 6.07) is 0. The molecule has 0 atom stereocenters. The molecule has 78 valence electrons. The van der Waals surface area contributed by atoms with Crippen molar-refractivity contribution < 1.29 is 5.11 Å². The predicted molar refractivity (Wildman–Crippen MR) is 54.8 cm³/mol. The van der Waals surface area contributed by atoms with Gasteiger partial charge in [0.2, 0.25) is 0 Å². The molecule has 0 amide bonds. The molecular weight excluding hydrogens is 164 g/mol. The van der Waals surface area contributed by atoms with Gasteiger partial charge in [-0.05, 0) is 57.8 Å². The fraction of sp³-hybridized carbons (Fsp3) is 1.00. The lowest BCUT2D eigenvalue weighted by Crippen LogP contribution is -2.33. The van der Waals surface area contributed by atoms with Gasteiger partial charge in [-0.25, -0.2) is 0 Å². The lowest BCUT2D eigenvalue weighted by molar-refractivity contribution is 0.282. The highest BCUT2D eigenvalue weighted by Gasteiger charge is 2.11. The van der Waals surface area contributed by atoms with Crippen LogP contribution in [0.15, 0.2) is 0 Å². The average Bonchev–Trinajstić information content (AvgIpc) is 2.19. The molecule has 0 radical (unpaired) electrons. The van der Waals surface area contributed by atoms with E-state index in [0.29, 0.717) is 6.61 Å². The van der Waals surface area contributed by atoms with Crippen LogP contribution in [0.25, 0.3) is 0 Å². The molecule has 0 spiro atoms. The third-order valence-electron chi connectivity index (χ3n) is 2.65. The smallest absolute Gasteiger partial charge is 0.0431 e. The van der Waals surface area contributed by atoms with E-state index in [2.05, 4.69) is 10.6 Å². The molecule has 0 bridgehead atoms. The molecule has 1 heterocycles. The monoisotopic (exact) mass is 186 g/mol. The van der Waals surface area contributed by atoms with E-state index >= 15 is 0 Å². The van der Waals surface area contributed by atoms with Crippen molar-refractivity contribution in [3.05, 3.63) is 0 Å². The molecular formula is C10H22N2O. The number of aliphatic hydroxyl groups excluding tert-OH is 1. The largest absolute Gasteiger partial charge is 0.396 e. The lowest BCUT2D eigenvalue weighted by atomic mass is 9.98. The highest BCUT2D eigenvalue weighted by Crippen LogP contribution is 2.09. The van der Waals surface area contributed by atoms with Gasteiger partial charge in [0.25, 0.3) is 0 Å². The van der Waals surface area contributed by atoms with Crippen LogP contribution in [-0.2, 0) is 0 Å². The van der Waals surface area contributed by atoms with Crippen LogP contribution in [0.4, 0.5) is 0 Å². The van der Waals surface area contributed by atoms with Gasteiger partial charge in [0.15, 0.2) is 0 Å². The Morgan fingerprint density at radius 1 is 1.23 bits per heavy atom. The molecule has 3 heteroatoms. The number of piperidine rings is 1. The van der Waals surface area contributed by atoms with Crippen LogP contribution < -0.4 is 10.6 Å². The van der Waals surface area contributed by atoms with Gasteiger partial charge >= 0.3 is 0 Å². The van der Waals surface area contributed by atoms with Crippen LogP contribution in [0, 0.1) is 5.92 Å². The van der Waals surface area contributed by atoms with Crippen LogP contribution in [-0.4, -0.2) is 37.9 Å². The SMILES string of the molecule is OCCCCNCC1CCNCC1. The van der Waals surface area contributed by atoms with Crippen LogP contribution in [0.1, 0.15) is 25.7 Å². The van der Waals surface area contributed by atoms with E-state index in [0.717, 1.165) is 31.8 Å². The first-order valence-corrected chi connectivity index (χ1v) is 5.46. The number of nitrogens with one attached hydrogen (secondary N) is 2. The van der Waals surface area contributed by atoms with Crippen molar-refractivity contribution in [1.29, 1.82) is 0 Å². The van der Waals surface area contributed by atoms with Crippen molar-refractivity contribution in [2.75, 3.05) is 32.8 Å². The molecule has 0 unspecified atom stereocenters. The second-order valence-corrected chi connectivity index (χ2v) is 3.83. The van der Waals surface area contributed by atoms with E-state index in [1.165, 1.54) is 25.9 Å². The fourth-order valence-electron chi connectivity index (χ4n) is 1.75. The van der Waals surface area contributed by atoms with Crippen molar-refractivity contribution >= 4 is 0 Å². The molecule has 0 aromatic heterocycles. The molecule has 1 rings (SSSR count). The fourth-order valence-corrected chi connectivity index (χ4v) is 1.75. The Kier molecular flexibility index (Phi) is 6.15. The summed E-state index contributed by atoms with van der Waals surface area (Å²) in [5.74, 6) is 0.871. The lowest BCUT2D eigenvalue weighted by Gasteiger charge is -2.22. The molecule has 1 fully saturated rings. The summed E-state index contributed by atoms with van der Waals surface area (Å²) in [4.78, 5) is 0. The Hall–Kier alpha value is -0.120. The zero-order valence-electron chi connectivity index (χ0n) is 8.39. The maximum absolute atomic E-state index is 8.58. The zero-order valence-corrected chi connectivity index (χ0v) is 8.39. The quantitative estimate of drug-likeness (QED) is 0.524. The molecule has 13 heavy (non-hydrogen) atoms. The molecule has 3 N–H and O–H groups in total. The van der Waals surface area contributed by atoms with Gasteiger partial charge in [-0.3, -0.25) is 0 Å². The van der Waals surface area contributed by atoms with Crippen molar-refractivity contribution in [2.45, 2.75) is 25.7 Å². The van der Waals surface area contributed by atoms with Gasteiger partial charge in [-0.1, -0.05) is 0 Å². The van der Waals surface area contributed by atoms with E-state index in [1.54, 1.807) is 0 Å². The zero-order chi connectivity index (χ0) is 9.36. The summed E-state index contributed by atoms with van der Waals surface area (Å²) in [7, 11) is 0. The normalized spacial score (nSPS) is 19.2. The minimum atomic E-state index is 0.328. The third kappa shape index (κ3) is 5.24. The second kappa shape index (κ2) is 7.30. The molecule has 0 saturated carbocycles. The van der Waals surface area contributed by atoms with E-state index in [4.69, 9.17) is 5.11 Å². The molecule has 0 aromatic rings. The van der Waals surface area contributed by atoms with E-state index in [1.807, 2.05) is 0 Å². The van der Waals surface area contributed by atoms with Crippen LogP contribution in [0.2, 0.25) is 0 Å². The van der Waals surface area contributed by atoms with Gasteiger partial charge in [-0.2, -0.15) is 0 Å². The summed E-state index contributed by atoms with van der Waals surface area (Å²) in [5, 5.41) is 15.4. The summed E-state index contributed by atoms with van der Waals surface area (Å²) < 4.78 is 0. The molecule has 1 aliphatic heterocycles. The highest BCUT2D eigenvalue weighted by atomic mass is 16.2. The Morgan fingerprint density at radius 3 is 2.69 bits per heavy atom. The Bertz CT molecular complexity index is 113.